The molecule has 2 aromatic heterocycles. The molecular formula is C19H29N9. The highest BCUT2D eigenvalue weighted by Crippen LogP contribution is 2.21. The van der Waals surface area contributed by atoms with Crippen molar-refractivity contribution in [3.63, 3.8) is 0 Å². The first-order chi connectivity index (χ1) is 13.7. The maximum Gasteiger partial charge on any atom is 0.148 e. The summed E-state index contributed by atoms with van der Waals surface area (Å²) in [6.45, 7) is 5.97. The minimum atomic E-state index is 0.353. The van der Waals surface area contributed by atoms with E-state index in [9.17, 15) is 0 Å². The zero-order valence-corrected chi connectivity index (χ0v) is 16.6. The lowest BCUT2D eigenvalue weighted by Gasteiger charge is -2.29. The molecule has 2 aliphatic rings. The predicted molar refractivity (Wildman–Crippen MR) is 110 cm³/mol. The minimum Gasteiger partial charge on any atom is -0.367 e. The molecule has 3 N–H and O–H groups in total. The van der Waals surface area contributed by atoms with Gasteiger partial charge in [0.25, 0.3) is 0 Å². The molecule has 2 fully saturated rings. The van der Waals surface area contributed by atoms with Crippen molar-refractivity contribution in [2.75, 3.05) is 48.9 Å². The molecule has 0 saturated carbocycles. The van der Waals surface area contributed by atoms with Gasteiger partial charge in [-0.25, -0.2) is 24.9 Å². The summed E-state index contributed by atoms with van der Waals surface area (Å²) in [7, 11) is 2.06. The molecule has 0 radical (unpaired) electrons. The second-order valence-electron chi connectivity index (χ2n) is 7.54. The minimum absolute atomic E-state index is 0.353. The largest absolute Gasteiger partial charge is 0.367 e. The lowest BCUT2D eigenvalue weighted by molar-refractivity contribution is 0.323. The zero-order valence-electron chi connectivity index (χ0n) is 16.6. The number of piperidine rings is 1. The van der Waals surface area contributed by atoms with Gasteiger partial charge in [0.15, 0.2) is 0 Å². The number of rotatable bonds is 6. The molecule has 1 atom stereocenters. The molecule has 0 aromatic carbocycles. The first-order valence-electron chi connectivity index (χ1n) is 10.0. The van der Waals surface area contributed by atoms with Gasteiger partial charge in [-0.3, -0.25) is 5.01 Å². The highest BCUT2D eigenvalue weighted by atomic mass is 15.6. The van der Waals surface area contributed by atoms with Crippen molar-refractivity contribution in [3.05, 3.63) is 30.5 Å². The molecule has 28 heavy (non-hydrogen) atoms. The summed E-state index contributed by atoms with van der Waals surface area (Å²) in [5.41, 5.74) is 0.972. The van der Waals surface area contributed by atoms with Crippen molar-refractivity contribution >= 4 is 17.5 Å². The van der Waals surface area contributed by atoms with Gasteiger partial charge >= 0.3 is 0 Å². The third-order valence-corrected chi connectivity index (χ3v) is 5.42. The Hall–Kier alpha value is -2.52. The standard InChI is InChI=1S/C19H29N9/c1-14-9-17(22-12-21-14)26-16-5-8-28(11-16)27(2)19-10-18(23-13-24-19)25-15-3-6-20-7-4-15/h9-10,12-13,15-16,20H,3-8,11H2,1-2H3,(H,21,22,26)(H,23,24,25). The number of nitrogens with one attached hydrogen (secondary N) is 3. The first-order valence-corrected chi connectivity index (χ1v) is 10.0. The summed E-state index contributed by atoms with van der Waals surface area (Å²) >= 11 is 0. The van der Waals surface area contributed by atoms with E-state index in [2.05, 4.69) is 53.0 Å². The first kappa shape index (κ1) is 18.8. The number of hydrogen-bond donors (Lipinski definition) is 3. The second-order valence-corrected chi connectivity index (χ2v) is 7.54. The molecule has 0 bridgehead atoms. The normalized spacial score (nSPS) is 20.9. The van der Waals surface area contributed by atoms with Gasteiger partial charge in [-0.2, -0.15) is 0 Å². The molecule has 0 spiro atoms. The molecular weight excluding hydrogens is 354 g/mol. The molecule has 2 aliphatic heterocycles. The van der Waals surface area contributed by atoms with E-state index in [-0.39, 0.29) is 0 Å². The maximum absolute atomic E-state index is 4.48. The van der Waals surface area contributed by atoms with Crippen LogP contribution in [-0.4, -0.2) is 70.3 Å². The van der Waals surface area contributed by atoms with Crippen molar-refractivity contribution in [1.82, 2.24) is 30.3 Å². The summed E-state index contributed by atoms with van der Waals surface area (Å²) < 4.78 is 0. The molecule has 4 rings (SSSR count). The number of hydrazine groups is 1. The van der Waals surface area contributed by atoms with E-state index in [4.69, 9.17) is 0 Å². The average molecular weight is 384 g/mol. The monoisotopic (exact) mass is 383 g/mol. The predicted octanol–water partition coefficient (Wildman–Crippen LogP) is 1.28. The Labute approximate surface area is 166 Å². The Balaban J connectivity index is 1.35. The van der Waals surface area contributed by atoms with Crippen LogP contribution in [0.2, 0.25) is 0 Å². The quantitative estimate of drug-likeness (QED) is 0.682. The second kappa shape index (κ2) is 8.66. The van der Waals surface area contributed by atoms with Crippen LogP contribution in [0.15, 0.2) is 24.8 Å². The highest BCUT2D eigenvalue weighted by Gasteiger charge is 2.26. The Bertz CT molecular complexity index is 778. The van der Waals surface area contributed by atoms with Crippen LogP contribution in [-0.2, 0) is 0 Å². The third kappa shape index (κ3) is 4.66. The smallest absolute Gasteiger partial charge is 0.148 e. The molecule has 1 unspecified atom stereocenters. The SMILES string of the molecule is Cc1cc(NC2CCN(N(C)c3cc(NC4CCNCC4)ncn3)C2)ncn1. The fourth-order valence-electron chi connectivity index (χ4n) is 3.80. The van der Waals surface area contributed by atoms with E-state index < -0.39 is 0 Å². The molecule has 0 aliphatic carbocycles. The van der Waals surface area contributed by atoms with Gasteiger partial charge in [-0.1, -0.05) is 0 Å². The Morgan fingerprint density at radius 1 is 0.964 bits per heavy atom. The van der Waals surface area contributed by atoms with Crippen LogP contribution in [0.3, 0.4) is 0 Å². The summed E-state index contributed by atoms with van der Waals surface area (Å²) in [4.78, 5) is 17.3. The van der Waals surface area contributed by atoms with Crippen molar-refractivity contribution in [1.29, 1.82) is 0 Å². The number of hydrogen-bond acceptors (Lipinski definition) is 9. The van der Waals surface area contributed by atoms with Crippen LogP contribution in [0.5, 0.6) is 0 Å². The third-order valence-electron chi connectivity index (χ3n) is 5.42. The summed E-state index contributed by atoms with van der Waals surface area (Å²) in [5.74, 6) is 2.69. The fraction of sp³-hybridized carbons (Fsp3) is 0.579. The number of aromatic nitrogens is 4. The maximum atomic E-state index is 4.48. The molecule has 2 saturated heterocycles. The van der Waals surface area contributed by atoms with Crippen LogP contribution >= 0.6 is 0 Å². The molecule has 4 heterocycles. The number of anilines is 3. The Morgan fingerprint density at radius 2 is 1.68 bits per heavy atom. The van der Waals surface area contributed by atoms with Gasteiger partial charge < -0.3 is 16.0 Å². The van der Waals surface area contributed by atoms with E-state index in [0.29, 0.717) is 12.1 Å². The van der Waals surface area contributed by atoms with Gasteiger partial charge in [0, 0.05) is 50.0 Å². The average Bonchev–Trinajstić information content (AvgIpc) is 3.17. The Kier molecular flexibility index (Phi) is 5.82. The zero-order chi connectivity index (χ0) is 19.3. The highest BCUT2D eigenvalue weighted by molar-refractivity contribution is 5.48. The molecule has 2 aromatic rings. The van der Waals surface area contributed by atoms with Crippen LogP contribution in [0, 0.1) is 6.92 Å². The van der Waals surface area contributed by atoms with Crippen LogP contribution in [0.25, 0.3) is 0 Å². The molecule has 150 valence electrons. The van der Waals surface area contributed by atoms with Crippen LogP contribution in [0.1, 0.15) is 25.0 Å². The Morgan fingerprint density at radius 3 is 2.46 bits per heavy atom. The number of nitrogens with zero attached hydrogens (tertiary/aromatic N) is 6. The van der Waals surface area contributed by atoms with Gasteiger partial charge in [0.1, 0.15) is 30.1 Å². The summed E-state index contributed by atoms with van der Waals surface area (Å²) in [6.07, 6.45) is 6.55. The van der Waals surface area contributed by atoms with Crippen molar-refractivity contribution in [2.24, 2.45) is 0 Å². The van der Waals surface area contributed by atoms with Crippen molar-refractivity contribution in [3.8, 4) is 0 Å². The van der Waals surface area contributed by atoms with Gasteiger partial charge in [0.2, 0.25) is 0 Å². The number of aryl methyl sites for hydroxylation is 1. The molecule has 9 heteroatoms. The molecule has 9 nitrogen and oxygen atoms in total. The van der Waals surface area contributed by atoms with Gasteiger partial charge in [0.05, 0.1) is 0 Å². The van der Waals surface area contributed by atoms with Crippen molar-refractivity contribution in [2.45, 2.75) is 38.3 Å². The summed E-state index contributed by atoms with van der Waals surface area (Å²) in [5, 5.41) is 14.9. The van der Waals surface area contributed by atoms with E-state index in [1.54, 1.807) is 12.7 Å². The lowest BCUT2D eigenvalue weighted by atomic mass is 10.1. The fourth-order valence-corrected chi connectivity index (χ4v) is 3.80. The van der Waals surface area contributed by atoms with Crippen LogP contribution in [0.4, 0.5) is 17.5 Å². The van der Waals surface area contributed by atoms with E-state index in [1.807, 2.05) is 19.1 Å². The van der Waals surface area contributed by atoms with Crippen LogP contribution < -0.4 is 21.0 Å². The van der Waals surface area contributed by atoms with Crippen molar-refractivity contribution < 1.29 is 0 Å². The topological polar surface area (TPSA) is 94.1 Å². The summed E-state index contributed by atoms with van der Waals surface area (Å²) in [6, 6.07) is 4.85. The van der Waals surface area contributed by atoms with E-state index in [1.165, 1.54) is 0 Å². The molecule has 0 amide bonds. The van der Waals surface area contributed by atoms with E-state index in [0.717, 1.165) is 68.6 Å². The van der Waals surface area contributed by atoms with E-state index >= 15 is 0 Å². The van der Waals surface area contributed by atoms with Gasteiger partial charge in [-0.15, -0.1) is 0 Å². The lowest BCUT2D eigenvalue weighted by Crippen LogP contribution is -2.40. The van der Waals surface area contributed by atoms with Gasteiger partial charge in [-0.05, 0) is 39.3 Å².